The molecule has 2 unspecified atom stereocenters. The third kappa shape index (κ3) is 5.14. The molecule has 0 bridgehead atoms. The Bertz CT molecular complexity index is 293. The fraction of sp³-hybridized carbons (Fsp3) is 0.444. The van der Waals surface area contributed by atoms with Gasteiger partial charge in [-0.2, -0.15) is 0 Å². The fourth-order valence-corrected chi connectivity index (χ4v) is 2.01. The van der Waals surface area contributed by atoms with Crippen molar-refractivity contribution < 1.29 is 0 Å². The lowest BCUT2D eigenvalue weighted by Crippen LogP contribution is -2.40. The van der Waals surface area contributed by atoms with E-state index in [0.717, 1.165) is 6.42 Å². The molecule has 0 heterocycles. The Balaban J connectivity index is 2.37. The van der Waals surface area contributed by atoms with Crippen LogP contribution in [-0.2, 0) is 0 Å². The monoisotopic (exact) mass is 321 g/mol. The summed E-state index contributed by atoms with van der Waals surface area (Å²) >= 11 is 2.39. The van der Waals surface area contributed by atoms with Gasteiger partial charge in [0.2, 0.25) is 0 Å². The molecule has 0 radical (unpaired) electrons. The molecule has 0 saturated carbocycles. The molecule has 0 amide bonds. The van der Waals surface area contributed by atoms with Crippen LogP contribution in [0.2, 0.25) is 0 Å². The van der Waals surface area contributed by atoms with Gasteiger partial charge in [0.25, 0.3) is 0 Å². The summed E-state index contributed by atoms with van der Waals surface area (Å²) in [6.45, 7) is 0.675. The SMILES string of the molecule is NC(N)=NC(N)NCC1=CC(I)CC=C1. The number of nitrogens with zero attached hydrogens (tertiary/aromatic N) is 1. The minimum atomic E-state index is -0.543. The topological polar surface area (TPSA) is 102 Å². The van der Waals surface area contributed by atoms with Gasteiger partial charge in [0.15, 0.2) is 12.2 Å². The van der Waals surface area contributed by atoms with E-state index in [4.69, 9.17) is 17.2 Å². The highest BCUT2D eigenvalue weighted by atomic mass is 127. The van der Waals surface area contributed by atoms with E-state index in [1.54, 1.807) is 0 Å². The van der Waals surface area contributed by atoms with E-state index in [9.17, 15) is 0 Å². The minimum absolute atomic E-state index is 0.00469. The van der Waals surface area contributed by atoms with Gasteiger partial charge in [-0.05, 0) is 12.0 Å². The number of hydrogen-bond acceptors (Lipinski definition) is 3. The van der Waals surface area contributed by atoms with Crippen molar-refractivity contribution in [3.8, 4) is 0 Å². The molecule has 1 rings (SSSR count). The molecule has 6 heteroatoms. The van der Waals surface area contributed by atoms with Crippen molar-refractivity contribution in [3.63, 3.8) is 0 Å². The van der Waals surface area contributed by atoms with Gasteiger partial charge in [0, 0.05) is 10.5 Å². The summed E-state index contributed by atoms with van der Waals surface area (Å²) in [5.74, 6) is -0.00469. The highest BCUT2D eigenvalue weighted by Crippen LogP contribution is 2.16. The number of rotatable bonds is 4. The van der Waals surface area contributed by atoms with E-state index in [-0.39, 0.29) is 5.96 Å². The summed E-state index contributed by atoms with van der Waals surface area (Å²) in [5.41, 5.74) is 17.2. The summed E-state index contributed by atoms with van der Waals surface area (Å²) in [4.78, 5) is 3.77. The van der Waals surface area contributed by atoms with Crippen molar-refractivity contribution in [2.45, 2.75) is 16.6 Å². The van der Waals surface area contributed by atoms with Gasteiger partial charge >= 0.3 is 0 Å². The van der Waals surface area contributed by atoms with Gasteiger partial charge < -0.3 is 11.5 Å². The van der Waals surface area contributed by atoms with Crippen LogP contribution in [0.3, 0.4) is 0 Å². The molecule has 0 aromatic heterocycles. The standard InChI is InChI=1S/C9H16IN5/c10-7-3-1-2-6(4-7)5-14-9(13)15-8(11)12/h1-2,4,7,9,14H,3,5,13H2,(H4,11,12,15). The van der Waals surface area contributed by atoms with Crippen LogP contribution < -0.4 is 22.5 Å². The third-order valence-corrected chi connectivity index (χ3v) is 2.76. The zero-order valence-corrected chi connectivity index (χ0v) is 10.5. The van der Waals surface area contributed by atoms with E-state index in [0.29, 0.717) is 10.5 Å². The van der Waals surface area contributed by atoms with Gasteiger partial charge in [-0.25, -0.2) is 4.99 Å². The summed E-state index contributed by atoms with van der Waals surface area (Å²) in [7, 11) is 0. The van der Waals surface area contributed by atoms with E-state index in [2.05, 4.69) is 51.1 Å². The molecule has 0 saturated heterocycles. The summed E-state index contributed by atoms with van der Waals surface area (Å²) < 4.78 is 0.559. The number of nitrogens with two attached hydrogens (primary N) is 3. The Morgan fingerprint density at radius 2 is 2.40 bits per heavy atom. The van der Waals surface area contributed by atoms with E-state index in [1.165, 1.54) is 5.57 Å². The van der Waals surface area contributed by atoms with E-state index < -0.39 is 6.29 Å². The molecule has 5 nitrogen and oxygen atoms in total. The maximum atomic E-state index is 5.61. The van der Waals surface area contributed by atoms with Crippen molar-refractivity contribution in [2.24, 2.45) is 22.2 Å². The molecule has 0 spiro atoms. The summed E-state index contributed by atoms with van der Waals surface area (Å²) in [6.07, 6.45) is 6.99. The largest absolute Gasteiger partial charge is 0.370 e. The molecular formula is C9H16IN5. The lowest BCUT2D eigenvalue weighted by molar-refractivity contribution is 0.576. The van der Waals surface area contributed by atoms with Crippen molar-refractivity contribution >= 4 is 28.6 Å². The molecule has 2 atom stereocenters. The average Bonchev–Trinajstić information content (AvgIpc) is 2.14. The fourth-order valence-electron chi connectivity index (χ4n) is 1.25. The first-order chi connectivity index (χ1) is 7.08. The Kier molecular flexibility index (Phi) is 5.06. The zero-order valence-electron chi connectivity index (χ0n) is 8.36. The third-order valence-electron chi connectivity index (χ3n) is 1.89. The van der Waals surface area contributed by atoms with Gasteiger partial charge in [-0.3, -0.25) is 11.1 Å². The predicted octanol–water partition coefficient (Wildman–Crippen LogP) is -0.218. The molecule has 84 valence electrons. The summed E-state index contributed by atoms with van der Waals surface area (Å²) in [5, 5.41) is 3.01. The van der Waals surface area contributed by atoms with Crippen LogP contribution in [0.5, 0.6) is 0 Å². The number of halogens is 1. The number of aliphatic imine (C=N–C) groups is 1. The molecule has 1 aliphatic carbocycles. The van der Waals surface area contributed by atoms with Crippen LogP contribution in [-0.4, -0.2) is 22.7 Å². The lowest BCUT2D eigenvalue weighted by Gasteiger charge is -2.14. The second kappa shape index (κ2) is 6.09. The predicted molar refractivity (Wildman–Crippen MR) is 71.4 cm³/mol. The number of guanidine groups is 1. The van der Waals surface area contributed by atoms with Crippen molar-refractivity contribution in [1.82, 2.24) is 5.32 Å². The van der Waals surface area contributed by atoms with Crippen LogP contribution in [0.1, 0.15) is 6.42 Å². The highest BCUT2D eigenvalue weighted by Gasteiger charge is 2.06. The Morgan fingerprint density at radius 3 is 3.00 bits per heavy atom. The molecular weight excluding hydrogens is 305 g/mol. The van der Waals surface area contributed by atoms with E-state index in [1.807, 2.05) is 0 Å². The first-order valence-electron chi connectivity index (χ1n) is 4.67. The lowest BCUT2D eigenvalue weighted by atomic mass is 10.1. The van der Waals surface area contributed by atoms with Gasteiger partial charge in [-0.15, -0.1) is 0 Å². The number of nitrogens with one attached hydrogen (secondary N) is 1. The maximum absolute atomic E-state index is 5.61. The van der Waals surface area contributed by atoms with Crippen molar-refractivity contribution in [3.05, 3.63) is 23.8 Å². The smallest absolute Gasteiger partial charge is 0.188 e. The molecule has 7 N–H and O–H groups in total. The van der Waals surface area contributed by atoms with Crippen LogP contribution in [0.25, 0.3) is 0 Å². The average molecular weight is 321 g/mol. The maximum Gasteiger partial charge on any atom is 0.188 e. The number of alkyl halides is 1. The molecule has 15 heavy (non-hydrogen) atoms. The minimum Gasteiger partial charge on any atom is -0.370 e. The zero-order chi connectivity index (χ0) is 11.3. The highest BCUT2D eigenvalue weighted by molar-refractivity contribution is 14.1. The second-order valence-corrected chi connectivity index (χ2v) is 4.88. The Morgan fingerprint density at radius 1 is 1.67 bits per heavy atom. The number of allylic oxidation sites excluding steroid dienone is 2. The molecule has 0 aromatic rings. The first-order valence-corrected chi connectivity index (χ1v) is 5.91. The normalized spacial score (nSPS) is 22.0. The Hall–Kier alpha value is -0.600. The molecule has 0 aromatic carbocycles. The van der Waals surface area contributed by atoms with Crippen LogP contribution in [0, 0.1) is 0 Å². The van der Waals surface area contributed by atoms with Gasteiger partial charge in [0.05, 0.1) is 0 Å². The van der Waals surface area contributed by atoms with Crippen LogP contribution in [0.15, 0.2) is 28.8 Å². The second-order valence-electron chi connectivity index (χ2n) is 3.28. The van der Waals surface area contributed by atoms with E-state index >= 15 is 0 Å². The number of hydrogen-bond donors (Lipinski definition) is 4. The van der Waals surface area contributed by atoms with Gasteiger partial charge in [-0.1, -0.05) is 40.8 Å². The van der Waals surface area contributed by atoms with Crippen LogP contribution >= 0.6 is 22.6 Å². The molecule has 1 aliphatic rings. The molecule has 0 aliphatic heterocycles. The Labute approximate surface area is 103 Å². The van der Waals surface area contributed by atoms with Crippen LogP contribution in [0.4, 0.5) is 0 Å². The molecule has 0 fully saturated rings. The summed E-state index contributed by atoms with van der Waals surface area (Å²) in [6, 6.07) is 0. The van der Waals surface area contributed by atoms with Crippen molar-refractivity contribution in [1.29, 1.82) is 0 Å². The quantitative estimate of drug-likeness (QED) is 0.189. The van der Waals surface area contributed by atoms with Crippen molar-refractivity contribution in [2.75, 3.05) is 6.54 Å². The van der Waals surface area contributed by atoms with Gasteiger partial charge in [0.1, 0.15) is 0 Å². The first kappa shape index (κ1) is 12.5.